The lowest BCUT2D eigenvalue weighted by molar-refractivity contribution is -0.136. The Morgan fingerprint density at radius 1 is 1.26 bits per heavy atom. The summed E-state index contributed by atoms with van der Waals surface area (Å²) in [7, 11) is 0. The molecule has 1 saturated heterocycles. The fourth-order valence-electron chi connectivity index (χ4n) is 3.65. The molecule has 2 aliphatic rings. The van der Waals surface area contributed by atoms with Gasteiger partial charge in [-0.25, -0.2) is 0 Å². The SMILES string of the molecule is CC(C)(C)C1CCN(C(=O)C2CCCC(CN)C2)C1. The molecule has 1 amide bonds. The first-order chi connectivity index (χ1) is 8.91. The van der Waals surface area contributed by atoms with Crippen LogP contribution < -0.4 is 5.73 Å². The topological polar surface area (TPSA) is 46.3 Å². The highest BCUT2D eigenvalue weighted by molar-refractivity contribution is 5.79. The Hall–Kier alpha value is -0.570. The van der Waals surface area contributed by atoms with Gasteiger partial charge in [-0.1, -0.05) is 27.2 Å². The van der Waals surface area contributed by atoms with E-state index in [1.165, 1.54) is 19.3 Å². The standard InChI is InChI=1S/C16H30N2O/c1-16(2,3)14-7-8-18(11-14)15(19)13-6-4-5-12(9-13)10-17/h12-14H,4-11,17H2,1-3H3. The average Bonchev–Trinajstić information content (AvgIpc) is 2.87. The molecule has 1 heterocycles. The fourth-order valence-corrected chi connectivity index (χ4v) is 3.65. The van der Waals surface area contributed by atoms with Crippen molar-refractivity contribution >= 4 is 5.91 Å². The smallest absolute Gasteiger partial charge is 0.225 e. The van der Waals surface area contributed by atoms with Gasteiger partial charge in [0.1, 0.15) is 0 Å². The summed E-state index contributed by atoms with van der Waals surface area (Å²) in [6.07, 6.45) is 5.65. The lowest BCUT2D eigenvalue weighted by Crippen LogP contribution is -2.38. The molecule has 1 aliphatic carbocycles. The fraction of sp³-hybridized carbons (Fsp3) is 0.938. The van der Waals surface area contributed by atoms with Crippen molar-refractivity contribution in [2.45, 2.75) is 52.9 Å². The lowest BCUT2D eigenvalue weighted by Gasteiger charge is -2.31. The molecule has 110 valence electrons. The number of hydrogen-bond donors (Lipinski definition) is 1. The molecule has 0 aromatic heterocycles. The van der Waals surface area contributed by atoms with E-state index in [2.05, 4.69) is 25.7 Å². The van der Waals surface area contributed by atoms with E-state index in [9.17, 15) is 4.79 Å². The van der Waals surface area contributed by atoms with Gasteiger partial charge in [0.15, 0.2) is 0 Å². The molecular formula is C16H30N2O. The Balaban J connectivity index is 1.90. The molecule has 3 atom stereocenters. The second-order valence-corrected chi connectivity index (χ2v) is 7.60. The largest absolute Gasteiger partial charge is 0.342 e. The summed E-state index contributed by atoms with van der Waals surface area (Å²) in [5, 5.41) is 0. The molecule has 0 radical (unpaired) electrons. The number of carbonyl (C=O) groups excluding carboxylic acids is 1. The Bertz CT molecular complexity index is 321. The molecule has 0 aromatic carbocycles. The third-order valence-corrected chi connectivity index (χ3v) is 5.19. The predicted octanol–water partition coefficient (Wildman–Crippen LogP) is 2.65. The second-order valence-electron chi connectivity index (χ2n) is 7.60. The van der Waals surface area contributed by atoms with Crippen LogP contribution in [0.2, 0.25) is 0 Å². The van der Waals surface area contributed by atoms with Crippen LogP contribution in [0.25, 0.3) is 0 Å². The molecule has 0 bridgehead atoms. The Morgan fingerprint density at radius 2 is 2.00 bits per heavy atom. The second kappa shape index (κ2) is 5.82. The molecule has 0 aromatic rings. The number of nitrogens with two attached hydrogens (primary N) is 1. The monoisotopic (exact) mass is 266 g/mol. The minimum absolute atomic E-state index is 0.251. The van der Waals surface area contributed by atoms with Gasteiger partial charge in [-0.15, -0.1) is 0 Å². The van der Waals surface area contributed by atoms with Crippen molar-refractivity contribution in [2.75, 3.05) is 19.6 Å². The van der Waals surface area contributed by atoms with Crippen LogP contribution >= 0.6 is 0 Å². The molecule has 2 rings (SSSR count). The molecule has 2 fully saturated rings. The average molecular weight is 266 g/mol. The van der Waals surface area contributed by atoms with Gasteiger partial charge < -0.3 is 10.6 Å². The van der Waals surface area contributed by atoms with E-state index in [1.807, 2.05) is 0 Å². The van der Waals surface area contributed by atoms with Gasteiger partial charge in [0, 0.05) is 19.0 Å². The third kappa shape index (κ3) is 3.50. The van der Waals surface area contributed by atoms with Crippen molar-refractivity contribution < 1.29 is 4.79 Å². The highest BCUT2D eigenvalue weighted by atomic mass is 16.2. The van der Waals surface area contributed by atoms with Gasteiger partial charge in [0.25, 0.3) is 0 Å². The first-order valence-electron chi connectivity index (χ1n) is 7.90. The molecule has 0 spiro atoms. The van der Waals surface area contributed by atoms with Crippen molar-refractivity contribution in [3.05, 3.63) is 0 Å². The highest BCUT2D eigenvalue weighted by Crippen LogP contribution is 2.36. The Kier molecular flexibility index (Phi) is 4.54. The van der Waals surface area contributed by atoms with Crippen LogP contribution in [0.4, 0.5) is 0 Å². The number of rotatable bonds is 2. The van der Waals surface area contributed by atoms with E-state index in [1.54, 1.807) is 0 Å². The molecule has 3 unspecified atom stereocenters. The Labute approximate surface area is 117 Å². The number of hydrogen-bond acceptors (Lipinski definition) is 2. The summed E-state index contributed by atoms with van der Waals surface area (Å²) < 4.78 is 0. The molecule has 1 aliphatic heterocycles. The third-order valence-electron chi connectivity index (χ3n) is 5.19. The van der Waals surface area contributed by atoms with Crippen LogP contribution in [0.3, 0.4) is 0 Å². The van der Waals surface area contributed by atoms with Crippen LogP contribution in [0.15, 0.2) is 0 Å². The highest BCUT2D eigenvalue weighted by Gasteiger charge is 2.37. The van der Waals surface area contributed by atoms with Gasteiger partial charge in [0.05, 0.1) is 0 Å². The number of carbonyl (C=O) groups is 1. The molecule has 3 nitrogen and oxygen atoms in total. The number of nitrogens with zero attached hydrogens (tertiary/aromatic N) is 1. The van der Waals surface area contributed by atoms with E-state index in [0.717, 1.165) is 32.5 Å². The maximum atomic E-state index is 12.6. The van der Waals surface area contributed by atoms with Crippen LogP contribution in [0.1, 0.15) is 52.9 Å². The van der Waals surface area contributed by atoms with E-state index in [0.29, 0.717) is 23.2 Å². The molecular weight excluding hydrogens is 236 g/mol. The maximum Gasteiger partial charge on any atom is 0.225 e. The predicted molar refractivity (Wildman–Crippen MR) is 78.6 cm³/mol. The van der Waals surface area contributed by atoms with Crippen LogP contribution in [0, 0.1) is 23.2 Å². The quantitative estimate of drug-likeness (QED) is 0.835. The lowest BCUT2D eigenvalue weighted by atomic mass is 9.80. The van der Waals surface area contributed by atoms with Gasteiger partial charge >= 0.3 is 0 Å². The molecule has 2 N–H and O–H groups in total. The molecule has 3 heteroatoms. The number of amides is 1. The van der Waals surface area contributed by atoms with E-state index in [-0.39, 0.29) is 5.92 Å². The van der Waals surface area contributed by atoms with Crippen LogP contribution in [0.5, 0.6) is 0 Å². The molecule has 19 heavy (non-hydrogen) atoms. The van der Waals surface area contributed by atoms with Crippen LogP contribution in [-0.4, -0.2) is 30.4 Å². The van der Waals surface area contributed by atoms with E-state index < -0.39 is 0 Å². The van der Waals surface area contributed by atoms with Gasteiger partial charge in [-0.05, 0) is 49.5 Å². The normalized spacial score (nSPS) is 32.6. The van der Waals surface area contributed by atoms with E-state index in [4.69, 9.17) is 5.73 Å². The molecule has 1 saturated carbocycles. The maximum absolute atomic E-state index is 12.6. The summed E-state index contributed by atoms with van der Waals surface area (Å²) in [6, 6.07) is 0. The first kappa shape index (κ1) is 14.8. The van der Waals surface area contributed by atoms with Crippen molar-refractivity contribution in [3.8, 4) is 0 Å². The van der Waals surface area contributed by atoms with Crippen molar-refractivity contribution in [3.63, 3.8) is 0 Å². The summed E-state index contributed by atoms with van der Waals surface area (Å²) in [5.41, 5.74) is 6.09. The summed E-state index contributed by atoms with van der Waals surface area (Å²) >= 11 is 0. The first-order valence-corrected chi connectivity index (χ1v) is 7.90. The summed E-state index contributed by atoms with van der Waals surface area (Å²) in [4.78, 5) is 14.7. The van der Waals surface area contributed by atoms with Crippen molar-refractivity contribution in [1.29, 1.82) is 0 Å². The summed E-state index contributed by atoms with van der Waals surface area (Å²) in [5.74, 6) is 1.89. The van der Waals surface area contributed by atoms with Crippen molar-refractivity contribution in [2.24, 2.45) is 28.9 Å². The number of likely N-dealkylation sites (tertiary alicyclic amines) is 1. The Morgan fingerprint density at radius 3 is 2.58 bits per heavy atom. The zero-order chi connectivity index (χ0) is 14.0. The van der Waals surface area contributed by atoms with Crippen molar-refractivity contribution in [1.82, 2.24) is 4.90 Å². The summed E-state index contributed by atoms with van der Waals surface area (Å²) in [6.45, 7) is 9.54. The minimum atomic E-state index is 0.251. The van der Waals surface area contributed by atoms with E-state index >= 15 is 0 Å². The van der Waals surface area contributed by atoms with Gasteiger partial charge in [-0.2, -0.15) is 0 Å². The van der Waals surface area contributed by atoms with Crippen LogP contribution in [-0.2, 0) is 4.79 Å². The van der Waals surface area contributed by atoms with Gasteiger partial charge in [0.2, 0.25) is 5.91 Å². The zero-order valence-corrected chi connectivity index (χ0v) is 12.8. The minimum Gasteiger partial charge on any atom is -0.342 e. The van der Waals surface area contributed by atoms with Gasteiger partial charge in [-0.3, -0.25) is 4.79 Å². The zero-order valence-electron chi connectivity index (χ0n) is 12.8.